The van der Waals surface area contributed by atoms with Crippen molar-refractivity contribution in [3.63, 3.8) is 0 Å². The molecule has 0 bridgehead atoms. The highest BCUT2D eigenvalue weighted by atomic mass is 32.2. The fourth-order valence-electron chi connectivity index (χ4n) is 1.66. The van der Waals surface area contributed by atoms with Crippen molar-refractivity contribution >= 4 is 17.7 Å². The van der Waals surface area contributed by atoms with Crippen molar-refractivity contribution in [2.75, 3.05) is 5.75 Å². The van der Waals surface area contributed by atoms with E-state index in [-0.39, 0.29) is 0 Å². The lowest BCUT2D eigenvalue weighted by Gasteiger charge is -2.05. The Morgan fingerprint density at radius 2 is 1.88 bits per heavy atom. The molecule has 0 radical (unpaired) electrons. The predicted octanol–water partition coefficient (Wildman–Crippen LogP) is 4.45. The quantitative estimate of drug-likeness (QED) is 0.548. The number of hydrogen-bond donors (Lipinski definition) is 1. The van der Waals surface area contributed by atoms with Gasteiger partial charge in [-0.1, -0.05) is 44.7 Å². The van der Waals surface area contributed by atoms with Crippen LogP contribution in [0, 0.1) is 0 Å². The van der Waals surface area contributed by atoms with Crippen molar-refractivity contribution in [1.29, 1.82) is 0 Å². The van der Waals surface area contributed by atoms with Gasteiger partial charge in [0.1, 0.15) is 0 Å². The SMILES string of the molecule is CCCCCCCSc1ccccc1C(=O)O. The van der Waals surface area contributed by atoms with Gasteiger partial charge in [-0.25, -0.2) is 4.79 Å². The Balaban J connectivity index is 2.34. The van der Waals surface area contributed by atoms with Crippen LogP contribution in [-0.2, 0) is 0 Å². The lowest BCUT2D eigenvalue weighted by molar-refractivity contribution is 0.0693. The van der Waals surface area contributed by atoms with Crippen molar-refractivity contribution in [3.8, 4) is 0 Å². The van der Waals surface area contributed by atoms with E-state index in [1.54, 1.807) is 23.9 Å². The number of thioether (sulfide) groups is 1. The maximum absolute atomic E-state index is 11.0. The number of hydrogen-bond acceptors (Lipinski definition) is 2. The second-order valence-corrected chi connectivity index (χ2v) is 5.20. The average Bonchev–Trinajstić information content (AvgIpc) is 2.34. The van der Waals surface area contributed by atoms with Crippen LogP contribution in [0.25, 0.3) is 0 Å². The van der Waals surface area contributed by atoms with Crippen LogP contribution in [0.2, 0.25) is 0 Å². The highest BCUT2D eigenvalue weighted by Crippen LogP contribution is 2.24. The largest absolute Gasteiger partial charge is 0.478 e. The van der Waals surface area contributed by atoms with Crippen LogP contribution in [0.3, 0.4) is 0 Å². The summed E-state index contributed by atoms with van der Waals surface area (Å²) in [5.41, 5.74) is 0.422. The number of carboxylic acid groups (broad SMARTS) is 1. The molecule has 0 atom stereocenters. The van der Waals surface area contributed by atoms with Crippen molar-refractivity contribution < 1.29 is 9.90 Å². The first-order valence-electron chi connectivity index (χ1n) is 6.20. The first-order chi connectivity index (χ1) is 8.25. The Morgan fingerprint density at radius 3 is 2.59 bits per heavy atom. The molecule has 1 rings (SSSR count). The number of benzene rings is 1. The second-order valence-electron chi connectivity index (χ2n) is 4.06. The van der Waals surface area contributed by atoms with Crippen LogP contribution in [0.15, 0.2) is 29.2 Å². The molecule has 0 amide bonds. The molecule has 1 aromatic rings. The molecule has 0 heterocycles. The third-order valence-electron chi connectivity index (χ3n) is 2.62. The van der Waals surface area contributed by atoms with E-state index >= 15 is 0 Å². The van der Waals surface area contributed by atoms with Crippen LogP contribution in [-0.4, -0.2) is 16.8 Å². The summed E-state index contributed by atoms with van der Waals surface area (Å²) in [7, 11) is 0. The molecule has 0 saturated heterocycles. The second kappa shape index (κ2) is 8.18. The van der Waals surface area contributed by atoms with Gasteiger partial charge in [0.15, 0.2) is 0 Å². The van der Waals surface area contributed by atoms with E-state index in [0.717, 1.165) is 10.6 Å². The van der Waals surface area contributed by atoms with Crippen LogP contribution in [0.5, 0.6) is 0 Å². The Labute approximate surface area is 107 Å². The van der Waals surface area contributed by atoms with Gasteiger partial charge in [-0.15, -0.1) is 11.8 Å². The third-order valence-corrected chi connectivity index (χ3v) is 3.78. The fourth-order valence-corrected chi connectivity index (χ4v) is 2.71. The zero-order valence-corrected chi connectivity index (χ0v) is 11.1. The molecule has 0 saturated carbocycles. The van der Waals surface area contributed by atoms with Gasteiger partial charge in [0.2, 0.25) is 0 Å². The minimum atomic E-state index is -0.834. The highest BCUT2D eigenvalue weighted by molar-refractivity contribution is 7.99. The summed E-state index contributed by atoms with van der Waals surface area (Å²) in [4.78, 5) is 11.9. The van der Waals surface area contributed by atoms with Gasteiger partial charge in [0.25, 0.3) is 0 Å². The number of carboxylic acids is 1. The van der Waals surface area contributed by atoms with Crippen LogP contribution in [0.1, 0.15) is 49.4 Å². The van der Waals surface area contributed by atoms with E-state index in [0.29, 0.717) is 5.56 Å². The average molecular weight is 252 g/mol. The first kappa shape index (κ1) is 14.1. The summed E-state index contributed by atoms with van der Waals surface area (Å²) in [5.74, 6) is 0.174. The van der Waals surface area contributed by atoms with Crippen LogP contribution >= 0.6 is 11.8 Å². The summed E-state index contributed by atoms with van der Waals surface area (Å²) in [6, 6.07) is 7.22. The van der Waals surface area contributed by atoms with Gasteiger partial charge in [-0.05, 0) is 24.3 Å². The minimum Gasteiger partial charge on any atom is -0.478 e. The Morgan fingerprint density at radius 1 is 1.18 bits per heavy atom. The topological polar surface area (TPSA) is 37.3 Å². The molecule has 0 aromatic heterocycles. The summed E-state index contributed by atoms with van der Waals surface area (Å²) in [6.07, 6.45) is 6.26. The summed E-state index contributed by atoms with van der Waals surface area (Å²) < 4.78 is 0. The van der Waals surface area contributed by atoms with Crippen molar-refractivity contribution in [1.82, 2.24) is 0 Å². The van der Waals surface area contributed by atoms with Crippen molar-refractivity contribution in [2.24, 2.45) is 0 Å². The highest BCUT2D eigenvalue weighted by Gasteiger charge is 2.08. The summed E-state index contributed by atoms with van der Waals surface area (Å²) >= 11 is 1.65. The van der Waals surface area contributed by atoms with Gasteiger partial charge >= 0.3 is 5.97 Å². The van der Waals surface area contributed by atoms with Gasteiger partial charge in [0.05, 0.1) is 5.56 Å². The standard InChI is InChI=1S/C14H20O2S/c1-2-3-4-5-8-11-17-13-10-7-6-9-12(13)14(15)16/h6-7,9-10H,2-5,8,11H2,1H3,(H,15,16). The monoisotopic (exact) mass is 252 g/mol. The number of carbonyl (C=O) groups is 1. The minimum absolute atomic E-state index is 0.422. The molecular formula is C14H20O2S. The molecule has 0 spiro atoms. The van der Waals surface area contributed by atoms with Crippen LogP contribution in [0.4, 0.5) is 0 Å². The molecule has 0 aliphatic rings. The zero-order valence-electron chi connectivity index (χ0n) is 10.3. The predicted molar refractivity (Wildman–Crippen MR) is 72.9 cm³/mol. The molecule has 0 unspecified atom stereocenters. The molecular weight excluding hydrogens is 232 g/mol. The Bertz CT molecular complexity index is 350. The molecule has 0 aliphatic heterocycles. The van der Waals surface area contributed by atoms with Gasteiger partial charge in [0, 0.05) is 4.90 Å². The molecule has 0 fully saturated rings. The molecule has 0 aliphatic carbocycles. The first-order valence-corrected chi connectivity index (χ1v) is 7.19. The maximum Gasteiger partial charge on any atom is 0.336 e. The fraction of sp³-hybridized carbons (Fsp3) is 0.500. The molecule has 1 N–H and O–H groups in total. The summed E-state index contributed by atoms with van der Waals surface area (Å²) in [5, 5.41) is 9.02. The molecule has 94 valence electrons. The lowest BCUT2D eigenvalue weighted by atomic mass is 10.2. The van der Waals surface area contributed by atoms with E-state index < -0.39 is 5.97 Å². The van der Waals surface area contributed by atoms with E-state index in [9.17, 15) is 4.79 Å². The third kappa shape index (κ3) is 5.26. The van der Waals surface area contributed by atoms with Crippen LogP contribution < -0.4 is 0 Å². The van der Waals surface area contributed by atoms with E-state index in [1.165, 1.54) is 32.1 Å². The van der Waals surface area contributed by atoms with E-state index in [2.05, 4.69) is 6.92 Å². The van der Waals surface area contributed by atoms with E-state index in [1.807, 2.05) is 12.1 Å². The number of rotatable bonds is 8. The number of aromatic carboxylic acids is 1. The van der Waals surface area contributed by atoms with Gasteiger partial charge < -0.3 is 5.11 Å². The van der Waals surface area contributed by atoms with Gasteiger partial charge in [-0.2, -0.15) is 0 Å². The van der Waals surface area contributed by atoms with Crippen molar-refractivity contribution in [3.05, 3.63) is 29.8 Å². The maximum atomic E-state index is 11.0. The van der Waals surface area contributed by atoms with E-state index in [4.69, 9.17) is 5.11 Å². The Hall–Kier alpha value is -0.960. The molecule has 2 nitrogen and oxygen atoms in total. The Kier molecular flexibility index (Phi) is 6.78. The molecule has 3 heteroatoms. The summed E-state index contributed by atoms with van der Waals surface area (Å²) in [6.45, 7) is 2.21. The zero-order chi connectivity index (χ0) is 12.5. The van der Waals surface area contributed by atoms with Crippen molar-refractivity contribution in [2.45, 2.75) is 43.9 Å². The smallest absolute Gasteiger partial charge is 0.336 e. The number of unbranched alkanes of at least 4 members (excludes halogenated alkanes) is 4. The lowest BCUT2D eigenvalue weighted by Crippen LogP contribution is -1.98. The molecule has 1 aromatic carbocycles. The molecule has 17 heavy (non-hydrogen) atoms. The normalized spacial score (nSPS) is 10.4. The van der Waals surface area contributed by atoms with Gasteiger partial charge in [-0.3, -0.25) is 0 Å².